The van der Waals surface area contributed by atoms with Crippen LogP contribution in [0.15, 0.2) is 41.0 Å². The van der Waals surface area contributed by atoms with Crippen LogP contribution in [0.1, 0.15) is 35.3 Å². The molecule has 2 nitrogen and oxygen atoms in total. The molecule has 1 aromatic carbocycles. The lowest BCUT2D eigenvalue weighted by Gasteiger charge is -2.20. The Balaban J connectivity index is 2.26. The van der Waals surface area contributed by atoms with Crippen molar-refractivity contribution in [2.75, 3.05) is 6.54 Å². The topological polar surface area (TPSA) is 24.9 Å². The fourth-order valence-corrected chi connectivity index (χ4v) is 2.73. The van der Waals surface area contributed by atoms with Crippen molar-refractivity contribution in [2.45, 2.75) is 33.2 Å². The summed E-state index contributed by atoms with van der Waals surface area (Å²) in [6.45, 7) is 7.32. The lowest BCUT2D eigenvalue weighted by atomic mass is 9.97. The first-order valence-electron chi connectivity index (χ1n) is 7.01. The highest BCUT2D eigenvalue weighted by atomic mass is 79.9. The number of nitrogens with zero attached hydrogens (tertiary/aromatic N) is 1. The molecule has 1 N–H and O–H groups in total. The zero-order valence-corrected chi connectivity index (χ0v) is 13.9. The van der Waals surface area contributed by atoms with Crippen LogP contribution >= 0.6 is 15.9 Å². The second-order valence-corrected chi connectivity index (χ2v) is 6.06. The molecule has 1 atom stereocenters. The van der Waals surface area contributed by atoms with Gasteiger partial charge in [0.1, 0.15) is 0 Å². The maximum absolute atomic E-state index is 4.53. The predicted octanol–water partition coefficient (Wildman–Crippen LogP) is 4.35. The van der Waals surface area contributed by atoms with Gasteiger partial charge in [0.25, 0.3) is 0 Å². The van der Waals surface area contributed by atoms with E-state index in [0.29, 0.717) is 6.04 Å². The molecule has 0 amide bonds. The highest BCUT2D eigenvalue weighted by Gasteiger charge is 2.14. The third kappa shape index (κ3) is 3.90. The minimum absolute atomic E-state index is 0.299. The van der Waals surface area contributed by atoms with E-state index in [1.54, 1.807) is 0 Å². The number of benzene rings is 1. The van der Waals surface area contributed by atoms with Gasteiger partial charge < -0.3 is 5.32 Å². The molecular formula is C17H21BrN2. The zero-order valence-electron chi connectivity index (χ0n) is 12.3. The molecule has 1 aromatic heterocycles. The minimum atomic E-state index is 0.299. The smallest absolute Gasteiger partial charge is 0.0422 e. The summed E-state index contributed by atoms with van der Waals surface area (Å²) in [5, 5.41) is 3.57. The maximum atomic E-state index is 4.53. The van der Waals surface area contributed by atoms with E-state index in [2.05, 4.69) is 77.3 Å². The number of hydrogen-bond donors (Lipinski definition) is 1. The van der Waals surface area contributed by atoms with E-state index < -0.39 is 0 Å². The minimum Gasteiger partial charge on any atom is -0.310 e. The fraction of sp³-hybridized carbons (Fsp3) is 0.353. The molecule has 0 saturated carbocycles. The van der Waals surface area contributed by atoms with Crippen molar-refractivity contribution < 1.29 is 0 Å². The van der Waals surface area contributed by atoms with Gasteiger partial charge in [0.05, 0.1) is 0 Å². The van der Waals surface area contributed by atoms with Crippen LogP contribution in [0.4, 0.5) is 0 Å². The van der Waals surface area contributed by atoms with Crippen LogP contribution in [0.25, 0.3) is 0 Å². The normalized spacial score (nSPS) is 12.4. The summed E-state index contributed by atoms with van der Waals surface area (Å²) in [5.74, 6) is 0. The van der Waals surface area contributed by atoms with Crippen molar-refractivity contribution in [2.24, 2.45) is 0 Å². The van der Waals surface area contributed by atoms with E-state index in [-0.39, 0.29) is 0 Å². The van der Waals surface area contributed by atoms with Gasteiger partial charge in [0.2, 0.25) is 0 Å². The molecule has 0 spiro atoms. The van der Waals surface area contributed by atoms with Gasteiger partial charge in [-0.05, 0) is 55.3 Å². The molecule has 0 fully saturated rings. The van der Waals surface area contributed by atoms with Crippen LogP contribution in [0.2, 0.25) is 0 Å². The summed E-state index contributed by atoms with van der Waals surface area (Å²) >= 11 is 3.57. The largest absolute Gasteiger partial charge is 0.310 e. The Bertz CT molecular complexity index is 564. The Labute approximate surface area is 129 Å². The summed E-state index contributed by atoms with van der Waals surface area (Å²) in [7, 11) is 0. The molecule has 2 rings (SSSR count). The van der Waals surface area contributed by atoms with Crippen LogP contribution < -0.4 is 5.32 Å². The first-order chi connectivity index (χ1) is 9.60. The zero-order chi connectivity index (χ0) is 14.5. The summed E-state index contributed by atoms with van der Waals surface area (Å²) in [6.07, 6.45) is 2.84. The lowest BCUT2D eigenvalue weighted by Crippen LogP contribution is -2.24. The number of rotatable bonds is 5. The Morgan fingerprint density at radius 1 is 1.20 bits per heavy atom. The third-order valence-corrected chi connectivity index (χ3v) is 3.95. The molecular weight excluding hydrogens is 312 g/mol. The van der Waals surface area contributed by atoms with Crippen molar-refractivity contribution in [1.29, 1.82) is 0 Å². The standard InChI is InChI=1S/C17H21BrN2/c1-4-19-17(10-15-8-5-12(2)11-20-15)16-9-14(18)7-6-13(16)3/h5-9,11,17,19H,4,10H2,1-3H3. The second kappa shape index (κ2) is 7.00. The van der Waals surface area contributed by atoms with Crippen LogP contribution in [0.5, 0.6) is 0 Å². The van der Waals surface area contributed by atoms with Crippen molar-refractivity contribution >= 4 is 15.9 Å². The Morgan fingerprint density at radius 2 is 2.00 bits per heavy atom. The van der Waals surface area contributed by atoms with Gasteiger partial charge in [-0.2, -0.15) is 0 Å². The number of likely N-dealkylation sites (N-methyl/N-ethyl adjacent to an activating group) is 1. The van der Waals surface area contributed by atoms with Crippen molar-refractivity contribution in [3.63, 3.8) is 0 Å². The first-order valence-corrected chi connectivity index (χ1v) is 7.80. The quantitative estimate of drug-likeness (QED) is 0.880. The van der Waals surface area contributed by atoms with E-state index in [1.165, 1.54) is 16.7 Å². The number of aromatic nitrogens is 1. The highest BCUT2D eigenvalue weighted by molar-refractivity contribution is 9.10. The molecule has 106 valence electrons. The Morgan fingerprint density at radius 3 is 2.65 bits per heavy atom. The van der Waals surface area contributed by atoms with Crippen LogP contribution in [0.3, 0.4) is 0 Å². The van der Waals surface area contributed by atoms with Crippen molar-refractivity contribution in [3.8, 4) is 0 Å². The van der Waals surface area contributed by atoms with E-state index in [0.717, 1.165) is 23.1 Å². The van der Waals surface area contributed by atoms with Gasteiger partial charge in [-0.3, -0.25) is 4.98 Å². The predicted molar refractivity (Wildman–Crippen MR) is 88.0 cm³/mol. The molecule has 1 heterocycles. The number of halogens is 1. The Hall–Kier alpha value is -1.19. The van der Waals surface area contributed by atoms with E-state index in [4.69, 9.17) is 0 Å². The van der Waals surface area contributed by atoms with E-state index >= 15 is 0 Å². The van der Waals surface area contributed by atoms with Gasteiger partial charge >= 0.3 is 0 Å². The molecule has 3 heteroatoms. The second-order valence-electron chi connectivity index (χ2n) is 5.14. The molecule has 0 bridgehead atoms. The summed E-state index contributed by atoms with van der Waals surface area (Å²) in [5.41, 5.74) is 4.98. The van der Waals surface area contributed by atoms with Gasteiger partial charge in [0, 0.05) is 28.8 Å². The molecule has 1 unspecified atom stereocenters. The summed E-state index contributed by atoms with van der Waals surface area (Å²) in [4.78, 5) is 4.53. The number of pyridine rings is 1. The first kappa shape index (κ1) is 15.2. The summed E-state index contributed by atoms with van der Waals surface area (Å²) < 4.78 is 1.12. The lowest BCUT2D eigenvalue weighted by molar-refractivity contribution is 0.541. The molecule has 2 aromatic rings. The summed E-state index contributed by atoms with van der Waals surface area (Å²) in [6, 6.07) is 11.0. The maximum Gasteiger partial charge on any atom is 0.0422 e. The molecule has 0 saturated heterocycles. The van der Waals surface area contributed by atoms with Crippen molar-refractivity contribution in [3.05, 3.63) is 63.4 Å². The van der Waals surface area contributed by atoms with Gasteiger partial charge in [-0.15, -0.1) is 0 Å². The van der Waals surface area contributed by atoms with Crippen LogP contribution in [0, 0.1) is 13.8 Å². The molecule has 0 aliphatic rings. The Kier molecular flexibility index (Phi) is 5.32. The van der Waals surface area contributed by atoms with Crippen LogP contribution in [-0.4, -0.2) is 11.5 Å². The van der Waals surface area contributed by atoms with Gasteiger partial charge in [0.15, 0.2) is 0 Å². The average Bonchev–Trinajstić information content (AvgIpc) is 2.43. The number of nitrogens with one attached hydrogen (secondary N) is 1. The molecule has 0 aliphatic carbocycles. The monoisotopic (exact) mass is 332 g/mol. The highest BCUT2D eigenvalue weighted by Crippen LogP contribution is 2.24. The molecule has 20 heavy (non-hydrogen) atoms. The third-order valence-electron chi connectivity index (χ3n) is 3.45. The molecule has 0 radical (unpaired) electrons. The SMILES string of the molecule is CCNC(Cc1ccc(C)cn1)c1cc(Br)ccc1C. The van der Waals surface area contributed by atoms with Gasteiger partial charge in [-0.25, -0.2) is 0 Å². The fourth-order valence-electron chi connectivity index (χ4n) is 2.35. The van der Waals surface area contributed by atoms with E-state index in [1.807, 2.05) is 6.20 Å². The van der Waals surface area contributed by atoms with E-state index in [9.17, 15) is 0 Å². The van der Waals surface area contributed by atoms with Crippen LogP contribution in [-0.2, 0) is 6.42 Å². The van der Waals surface area contributed by atoms with Gasteiger partial charge in [-0.1, -0.05) is 35.0 Å². The average molecular weight is 333 g/mol. The number of aryl methyl sites for hydroxylation is 2. The number of hydrogen-bond acceptors (Lipinski definition) is 2. The van der Waals surface area contributed by atoms with Crippen molar-refractivity contribution in [1.82, 2.24) is 10.3 Å². The molecule has 0 aliphatic heterocycles.